The second-order valence-electron chi connectivity index (χ2n) is 5.29. The predicted molar refractivity (Wildman–Crippen MR) is 77.5 cm³/mol. The maximum absolute atomic E-state index is 12.1. The van der Waals surface area contributed by atoms with Gasteiger partial charge < -0.3 is 10.6 Å². The highest BCUT2D eigenvalue weighted by Crippen LogP contribution is 2.16. The van der Waals surface area contributed by atoms with Crippen LogP contribution in [0.5, 0.6) is 0 Å². The maximum atomic E-state index is 12.1. The molecule has 0 aliphatic carbocycles. The standard InChI is InChI=1S/C13H22N4O2S/c1-17-6-4-11(5-7-17)9-16-20(18,19)13-3-2-12(8-14)15-10-13/h2-3,10-11,16H,4-9,14H2,1H3. The third kappa shape index (κ3) is 3.99. The lowest BCUT2D eigenvalue weighted by Crippen LogP contribution is -2.36. The van der Waals surface area contributed by atoms with Gasteiger partial charge in [-0.25, -0.2) is 13.1 Å². The summed E-state index contributed by atoms with van der Waals surface area (Å²) in [6.45, 7) is 2.86. The number of nitrogens with two attached hydrogens (primary N) is 1. The summed E-state index contributed by atoms with van der Waals surface area (Å²) in [7, 11) is -1.38. The Hall–Kier alpha value is -1.02. The molecule has 0 saturated carbocycles. The molecule has 6 nitrogen and oxygen atoms in total. The van der Waals surface area contributed by atoms with E-state index >= 15 is 0 Å². The zero-order valence-electron chi connectivity index (χ0n) is 11.7. The van der Waals surface area contributed by atoms with Crippen LogP contribution in [0, 0.1) is 5.92 Å². The summed E-state index contributed by atoms with van der Waals surface area (Å²) in [5.41, 5.74) is 6.12. The van der Waals surface area contributed by atoms with Crippen molar-refractivity contribution in [2.45, 2.75) is 24.3 Å². The molecule has 1 aromatic heterocycles. The van der Waals surface area contributed by atoms with Gasteiger partial charge in [0.25, 0.3) is 0 Å². The molecule has 1 aliphatic rings. The molecule has 7 heteroatoms. The van der Waals surface area contributed by atoms with Gasteiger partial charge in [0.1, 0.15) is 4.90 Å². The van der Waals surface area contributed by atoms with Crippen LogP contribution >= 0.6 is 0 Å². The van der Waals surface area contributed by atoms with Crippen LogP contribution in [0.4, 0.5) is 0 Å². The largest absolute Gasteiger partial charge is 0.325 e. The molecule has 112 valence electrons. The molecule has 1 aromatic rings. The van der Waals surface area contributed by atoms with Crippen LogP contribution in [0.15, 0.2) is 23.2 Å². The SMILES string of the molecule is CN1CCC(CNS(=O)(=O)c2ccc(CN)nc2)CC1. The monoisotopic (exact) mass is 298 g/mol. The number of sulfonamides is 1. The Balaban J connectivity index is 1.93. The zero-order chi connectivity index (χ0) is 14.6. The van der Waals surface area contributed by atoms with E-state index in [1.54, 1.807) is 12.1 Å². The number of likely N-dealkylation sites (tertiary alicyclic amines) is 1. The van der Waals surface area contributed by atoms with E-state index in [2.05, 4.69) is 21.7 Å². The van der Waals surface area contributed by atoms with Gasteiger partial charge in [0.15, 0.2) is 0 Å². The fourth-order valence-corrected chi connectivity index (χ4v) is 3.33. The minimum Gasteiger partial charge on any atom is -0.325 e. The van der Waals surface area contributed by atoms with Crippen molar-refractivity contribution in [2.75, 3.05) is 26.7 Å². The Morgan fingerprint density at radius 3 is 2.65 bits per heavy atom. The van der Waals surface area contributed by atoms with Crippen LogP contribution in [0.2, 0.25) is 0 Å². The minimum atomic E-state index is -3.47. The van der Waals surface area contributed by atoms with E-state index in [4.69, 9.17) is 5.73 Å². The number of rotatable bonds is 5. The smallest absolute Gasteiger partial charge is 0.242 e. The number of nitrogens with one attached hydrogen (secondary N) is 1. The van der Waals surface area contributed by atoms with Crippen molar-refractivity contribution in [2.24, 2.45) is 11.7 Å². The first kappa shape index (κ1) is 15.4. The molecule has 0 spiro atoms. The molecule has 2 rings (SSSR count). The fourth-order valence-electron chi connectivity index (χ4n) is 2.27. The molecule has 1 fully saturated rings. The molecule has 0 atom stereocenters. The van der Waals surface area contributed by atoms with Crippen molar-refractivity contribution in [1.29, 1.82) is 0 Å². The first-order valence-electron chi connectivity index (χ1n) is 6.84. The van der Waals surface area contributed by atoms with Crippen LogP contribution in [-0.4, -0.2) is 45.0 Å². The topological polar surface area (TPSA) is 88.3 Å². The number of nitrogens with zero attached hydrogens (tertiary/aromatic N) is 2. The lowest BCUT2D eigenvalue weighted by molar-refractivity contribution is 0.220. The highest BCUT2D eigenvalue weighted by atomic mass is 32.2. The van der Waals surface area contributed by atoms with E-state index in [0.717, 1.165) is 25.9 Å². The average molecular weight is 298 g/mol. The highest BCUT2D eigenvalue weighted by molar-refractivity contribution is 7.89. The van der Waals surface area contributed by atoms with Gasteiger partial charge in [0.05, 0.1) is 5.69 Å². The summed E-state index contributed by atoms with van der Waals surface area (Å²) in [5, 5.41) is 0. The van der Waals surface area contributed by atoms with Gasteiger partial charge in [-0.05, 0) is 51.0 Å². The number of piperidine rings is 1. The van der Waals surface area contributed by atoms with E-state index in [-0.39, 0.29) is 4.90 Å². The van der Waals surface area contributed by atoms with Crippen molar-refractivity contribution in [3.8, 4) is 0 Å². The van der Waals surface area contributed by atoms with Gasteiger partial charge in [0, 0.05) is 19.3 Å². The third-order valence-corrected chi connectivity index (χ3v) is 5.13. The lowest BCUT2D eigenvalue weighted by Gasteiger charge is -2.28. The van der Waals surface area contributed by atoms with E-state index < -0.39 is 10.0 Å². The van der Waals surface area contributed by atoms with Gasteiger partial charge >= 0.3 is 0 Å². The Kier molecular flexibility index (Phi) is 5.09. The molecule has 0 radical (unpaired) electrons. The maximum Gasteiger partial charge on any atom is 0.242 e. The highest BCUT2D eigenvalue weighted by Gasteiger charge is 2.20. The molecule has 1 saturated heterocycles. The molecule has 20 heavy (non-hydrogen) atoms. The van der Waals surface area contributed by atoms with E-state index in [9.17, 15) is 8.42 Å². The average Bonchev–Trinajstić information content (AvgIpc) is 2.47. The molecular formula is C13H22N4O2S. The summed E-state index contributed by atoms with van der Waals surface area (Å²) >= 11 is 0. The summed E-state index contributed by atoms with van der Waals surface area (Å²) in [4.78, 5) is 6.48. The molecule has 1 aliphatic heterocycles. The van der Waals surface area contributed by atoms with Gasteiger partial charge in [-0.1, -0.05) is 0 Å². The fraction of sp³-hybridized carbons (Fsp3) is 0.615. The van der Waals surface area contributed by atoms with Crippen LogP contribution in [-0.2, 0) is 16.6 Å². The number of aromatic nitrogens is 1. The number of pyridine rings is 1. The zero-order valence-corrected chi connectivity index (χ0v) is 12.6. The summed E-state index contributed by atoms with van der Waals surface area (Å²) in [6, 6.07) is 3.19. The third-order valence-electron chi connectivity index (χ3n) is 3.72. The van der Waals surface area contributed by atoms with E-state index in [1.165, 1.54) is 6.20 Å². The minimum absolute atomic E-state index is 0.197. The predicted octanol–water partition coefficient (Wildman–Crippen LogP) is 0.160. The summed E-state index contributed by atoms with van der Waals surface area (Å²) in [5.74, 6) is 0.414. The van der Waals surface area contributed by atoms with Gasteiger partial charge in [-0.3, -0.25) is 4.98 Å². The Labute approximate surface area is 120 Å². The second-order valence-corrected chi connectivity index (χ2v) is 7.05. The first-order chi connectivity index (χ1) is 9.51. The molecular weight excluding hydrogens is 276 g/mol. The van der Waals surface area contributed by atoms with E-state index in [1.807, 2.05) is 0 Å². The van der Waals surface area contributed by atoms with Crippen LogP contribution < -0.4 is 10.5 Å². The molecule has 0 bridgehead atoms. The van der Waals surface area contributed by atoms with Crippen molar-refractivity contribution >= 4 is 10.0 Å². The summed E-state index contributed by atoms with van der Waals surface area (Å²) < 4.78 is 27.0. The Morgan fingerprint density at radius 1 is 1.40 bits per heavy atom. The normalized spacial score (nSPS) is 18.3. The quantitative estimate of drug-likeness (QED) is 0.808. The van der Waals surface area contributed by atoms with Crippen LogP contribution in [0.1, 0.15) is 18.5 Å². The Bertz CT molecular complexity index is 522. The Morgan fingerprint density at radius 2 is 2.10 bits per heavy atom. The van der Waals surface area contributed by atoms with Crippen molar-refractivity contribution in [3.63, 3.8) is 0 Å². The van der Waals surface area contributed by atoms with Crippen molar-refractivity contribution < 1.29 is 8.42 Å². The molecule has 0 unspecified atom stereocenters. The second kappa shape index (κ2) is 6.62. The molecule has 0 amide bonds. The van der Waals surface area contributed by atoms with Crippen LogP contribution in [0.3, 0.4) is 0 Å². The number of hydrogen-bond donors (Lipinski definition) is 2. The lowest BCUT2D eigenvalue weighted by atomic mass is 9.98. The van der Waals surface area contributed by atoms with E-state index in [0.29, 0.717) is 24.7 Å². The van der Waals surface area contributed by atoms with Gasteiger partial charge in [-0.15, -0.1) is 0 Å². The van der Waals surface area contributed by atoms with Gasteiger partial charge in [-0.2, -0.15) is 0 Å². The molecule has 3 N–H and O–H groups in total. The van der Waals surface area contributed by atoms with Gasteiger partial charge in [0.2, 0.25) is 10.0 Å². The summed E-state index contributed by atoms with van der Waals surface area (Å²) in [6.07, 6.45) is 3.42. The van der Waals surface area contributed by atoms with Crippen LogP contribution in [0.25, 0.3) is 0 Å². The van der Waals surface area contributed by atoms with Crippen molar-refractivity contribution in [3.05, 3.63) is 24.0 Å². The number of hydrogen-bond acceptors (Lipinski definition) is 5. The first-order valence-corrected chi connectivity index (χ1v) is 8.33. The molecule has 2 heterocycles. The molecule has 0 aromatic carbocycles. The van der Waals surface area contributed by atoms with Crippen molar-refractivity contribution in [1.82, 2.24) is 14.6 Å².